The van der Waals surface area contributed by atoms with Gasteiger partial charge in [0.05, 0.1) is 12.9 Å². The number of ether oxygens (including phenoxy) is 1. The lowest BCUT2D eigenvalue weighted by molar-refractivity contribution is -0.151. The predicted molar refractivity (Wildman–Crippen MR) is 117 cm³/mol. The second kappa shape index (κ2) is 9.20. The summed E-state index contributed by atoms with van der Waals surface area (Å²) in [7, 11) is -3.43. The molecule has 0 heterocycles. The van der Waals surface area contributed by atoms with Crippen LogP contribution in [-0.2, 0) is 24.3 Å². The van der Waals surface area contributed by atoms with Gasteiger partial charge in [-0.3, -0.25) is 14.3 Å². The van der Waals surface area contributed by atoms with E-state index in [-0.39, 0.29) is 23.6 Å². The summed E-state index contributed by atoms with van der Waals surface area (Å²) < 4.78 is 44.9. The Morgan fingerprint density at radius 1 is 1.23 bits per heavy atom. The van der Waals surface area contributed by atoms with Gasteiger partial charge >= 0.3 is 5.97 Å². The number of nitrogens with one attached hydrogen (secondary N) is 1. The number of allylic oxidation sites excluding steroid dienone is 2. The van der Waals surface area contributed by atoms with Gasteiger partial charge < -0.3 is 4.74 Å². The van der Waals surface area contributed by atoms with Gasteiger partial charge in [-0.25, -0.2) is 12.8 Å². The number of sulfonamides is 1. The Kier molecular flexibility index (Phi) is 6.81. The van der Waals surface area contributed by atoms with Crippen LogP contribution in [0.25, 0.3) is 5.57 Å². The Hall–Kier alpha value is -2.71. The highest BCUT2D eigenvalue weighted by Crippen LogP contribution is 2.43. The minimum Gasteiger partial charge on any atom is -0.465 e. The second-order valence-corrected chi connectivity index (χ2v) is 9.35. The minimum absolute atomic E-state index is 0.0890. The van der Waals surface area contributed by atoms with Gasteiger partial charge in [-0.2, -0.15) is 0 Å². The van der Waals surface area contributed by atoms with E-state index in [0.29, 0.717) is 16.8 Å². The number of benzene rings is 2. The summed E-state index contributed by atoms with van der Waals surface area (Å²) in [5.74, 6) is -3.87. The Labute approximate surface area is 185 Å². The zero-order valence-electron chi connectivity index (χ0n) is 16.9. The fourth-order valence-electron chi connectivity index (χ4n) is 3.69. The molecule has 0 radical (unpaired) electrons. The largest absolute Gasteiger partial charge is 0.465 e. The molecule has 2 aromatic rings. The highest BCUT2D eigenvalue weighted by Gasteiger charge is 2.41. The fourth-order valence-corrected chi connectivity index (χ4v) is 4.55. The molecule has 9 heteroatoms. The van der Waals surface area contributed by atoms with Crippen molar-refractivity contribution in [3.05, 3.63) is 70.5 Å². The van der Waals surface area contributed by atoms with Crippen LogP contribution in [0.1, 0.15) is 30.4 Å². The van der Waals surface area contributed by atoms with Crippen molar-refractivity contribution in [2.24, 2.45) is 5.92 Å². The highest BCUT2D eigenvalue weighted by atomic mass is 35.5. The standard InChI is InChI=1S/C22H21ClFNO5S/c1-3-30-22(27)21-16(20-17(23)5-4-6-18(20)24)11-14(12-19(21)26)13-7-9-15(10-8-13)25-31(2,28)29/h4-10,12,16,21,25H,3,11H2,1-2H3/t16-,21-/m1/s1. The molecule has 3 rings (SSSR count). The number of hydrogen-bond donors (Lipinski definition) is 1. The lowest BCUT2D eigenvalue weighted by Crippen LogP contribution is -2.34. The molecule has 31 heavy (non-hydrogen) atoms. The van der Waals surface area contributed by atoms with Crippen molar-refractivity contribution in [3.8, 4) is 0 Å². The summed E-state index contributed by atoms with van der Waals surface area (Å²) >= 11 is 6.25. The average Bonchev–Trinajstić information content (AvgIpc) is 2.67. The van der Waals surface area contributed by atoms with Crippen LogP contribution in [-0.4, -0.2) is 33.0 Å². The Morgan fingerprint density at radius 3 is 2.48 bits per heavy atom. The van der Waals surface area contributed by atoms with E-state index in [1.54, 1.807) is 31.2 Å². The molecule has 0 aromatic heterocycles. The van der Waals surface area contributed by atoms with Crippen LogP contribution in [0.4, 0.5) is 10.1 Å². The second-order valence-electron chi connectivity index (χ2n) is 7.20. The van der Waals surface area contributed by atoms with Crippen molar-refractivity contribution >= 4 is 44.6 Å². The van der Waals surface area contributed by atoms with E-state index in [9.17, 15) is 22.4 Å². The van der Waals surface area contributed by atoms with Crippen molar-refractivity contribution in [2.45, 2.75) is 19.3 Å². The van der Waals surface area contributed by atoms with E-state index in [0.717, 1.165) is 6.26 Å². The quantitative estimate of drug-likeness (QED) is 0.511. The SMILES string of the molecule is CCOC(=O)[C@H]1C(=O)C=C(c2ccc(NS(C)(=O)=O)cc2)C[C@@H]1c1c(F)cccc1Cl. The number of carbonyl (C=O) groups excluding carboxylic acids is 2. The summed E-state index contributed by atoms with van der Waals surface area (Å²) in [6.45, 7) is 1.72. The first-order valence-electron chi connectivity index (χ1n) is 9.54. The Balaban J connectivity index is 2.02. The fraction of sp³-hybridized carbons (Fsp3) is 0.273. The molecular weight excluding hydrogens is 445 g/mol. The summed E-state index contributed by atoms with van der Waals surface area (Å²) in [5, 5.41) is 0.126. The number of anilines is 1. The third-order valence-corrected chi connectivity index (χ3v) is 5.87. The molecule has 0 aliphatic heterocycles. The van der Waals surface area contributed by atoms with Crippen LogP contribution in [0.2, 0.25) is 5.02 Å². The summed E-state index contributed by atoms with van der Waals surface area (Å²) in [6.07, 6.45) is 2.57. The molecule has 0 bridgehead atoms. The van der Waals surface area contributed by atoms with E-state index < -0.39 is 39.4 Å². The van der Waals surface area contributed by atoms with Crippen LogP contribution >= 0.6 is 11.6 Å². The third-order valence-electron chi connectivity index (χ3n) is 4.94. The molecule has 1 aliphatic rings. The van der Waals surface area contributed by atoms with Crippen LogP contribution in [0.15, 0.2) is 48.5 Å². The van der Waals surface area contributed by atoms with E-state index in [1.807, 2.05) is 0 Å². The van der Waals surface area contributed by atoms with E-state index >= 15 is 0 Å². The molecule has 1 N–H and O–H groups in total. The molecule has 164 valence electrons. The van der Waals surface area contributed by atoms with Crippen molar-refractivity contribution in [3.63, 3.8) is 0 Å². The summed E-state index contributed by atoms with van der Waals surface area (Å²) in [5.41, 5.74) is 1.69. The van der Waals surface area contributed by atoms with Crippen molar-refractivity contribution in [1.82, 2.24) is 0 Å². The topological polar surface area (TPSA) is 89.5 Å². The highest BCUT2D eigenvalue weighted by molar-refractivity contribution is 7.92. The molecule has 0 saturated carbocycles. The first-order chi connectivity index (χ1) is 14.6. The molecule has 0 saturated heterocycles. The number of carbonyl (C=O) groups is 2. The summed E-state index contributed by atoms with van der Waals surface area (Å²) in [4.78, 5) is 25.5. The van der Waals surface area contributed by atoms with Crippen LogP contribution in [0.3, 0.4) is 0 Å². The van der Waals surface area contributed by atoms with Gasteiger partial charge in [0.1, 0.15) is 11.7 Å². The molecule has 1 aliphatic carbocycles. The molecule has 2 aromatic carbocycles. The lowest BCUT2D eigenvalue weighted by atomic mass is 9.73. The van der Waals surface area contributed by atoms with Gasteiger partial charge in [-0.1, -0.05) is 29.8 Å². The predicted octanol–water partition coefficient (Wildman–Crippen LogP) is 4.17. The smallest absolute Gasteiger partial charge is 0.317 e. The van der Waals surface area contributed by atoms with Gasteiger partial charge in [0.2, 0.25) is 10.0 Å². The van der Waals surface area contributed by atoms with Crippen LogP contribution in [0, 0.1) is 11.7 Å². The lowest BCUT2D eigenvalue weighted by Gasteiger charge is -2.30. The molecule has 6 nitrogen and oxygen atoms in total. The van der Waals surface area contributed by atoms with Gasteiger partial charge in [0.25, 0.3) is 0 Å². The molecular formula is C22H21ClFNO5S. The first-order valence-corrected chi connectivity index (χ1v) is 11.8. The number of ketones is 1. The maximum Gasteiger partial charge on any atom is 0.317 e. The van der Waals surface area contributed by atoms with Crippen molar-refractivity contribution < 1.29 is 27.1 Å². The molecule has 2 atom stereocenters. The Morgan fingerprint density at radius 2 is 1.90 bits per heavy atom. The monoisotopic (exact) mass is 465 g/mol. The number of esters is 1. The number of rotatable bonds is 6. The Bertz CT molecular complexity index is 1120. The molecule has 0 spiro atoms. The van der Waals surface area contributed by atoms with Crippen LogP contribution in [0.5, 0.6) is 0 Å². The molecule has 0 fully saturated rings. The van der Waals surface area contributed by atoms with Crippen molar-refractivity contribution in [2.75, 3.05) is 17.6 Å². The third kappa shape index (κ3) is 5.32. The van der Waals surface area contributed by atoms with Gasteiger partial charge in [0, 0.05) is 22.2 Å². The first kappa shape index (κ1) is 23.0. The number of hydrogen-bond acceptors (Lipinski definition) is 5. The molecule has 0 amide bonds. The number of halogens is 2. The van der Waals surface area contributed by atoms with Gasteiger partial charge in [0.15, 0.2) is 5.78 Å². The average molecular weight is 466 g/mol. The van der Waals surface area contributed by atoms with Gasteiger partial charge in [-0.05, 0) is 54.8 Å². The van der Waals surface area contributed by atoms with Crippen LogP contribution < -0.4 is 4.72 Å². The van der Waals surface area contributed by atoms with E-state index in [1.165, 1.54) is 24.3 Å². The maximum atomic E-state index is 14.7. The zero-order valence-corrected chi connectivity index (χ0v) is 18.5. The zero-order chi connectivity index (χ0) is 22.8. The van der Waals surface area contributed by atoms with E-state index in [4.69, 9.17) is 16.3 Å². The summed E-state index contributed by atoms with van der Waals surface area (Å²) in [6, 6.07) is 10.6. The maximum absolute atomic E-state index is 14.7. The van der Waals surface area contributed by atoms with E-state index in [2.05, 4.69) is 4.72 Å². The van der Waals surface area contributed by atoms with Gasteiger partial charge in [-0.15, -0.1) is 0 Å². The molecule has 0 unspecified atom stereocenters. The normalized spacial score (nSPS) is 19.0. The van der Waals surface area contributed by atoms with Crippen molar-refractivity contribution in [1.29, 1.82) is 0 Å². The minimum atomic E-state index is -3.43.